The second-order valence-electron chi connectivity index (χ2n) is 4.82. The number of halogens is 3. The van der Waals surface area contributed by atoms with Crippen LogP contribution in [0.2, 0.25) is 0 Å². The van der Waals surface area contributed by atoms with Crippen molar-refractivity contribution in [2.45, 2.75) is 12.4 Å². The molecule has 22 heavy (non-hydrogen) atoms. The van der Waals surface area contributed by atoms with E-state index in [-0.39, 0.29) is 17.5 Å². The van der Waals surface area contributed by atoms with E-state index in [9.17, 15) is 18.0 Å². The highest BCUT2D eigenvalue weighted by atomic mass is 19.4. The summed E-state index contributed by atoms with van der Waals surface area (Å²) in [5, 5.41) is 7.53. The van der Waals surface area contributed by atoms with Crippen LogP contribution in [-0.2, 0) is 0 Å². The maximum Gasteiger partial charge on any atom is 0.573 e. The Balaban J connectivity index is 1.65. The summed E-state index contributed by atoms with van der Waals surface area (Å²) in [5.41, 5.74) is 0.152. The van der Waals surface area contributed by atoms with Gasteiger partial charge >= 0.3 is 6.36 Å². The lowest BCUT2D eigenvalue weighted by Crippen LogP contribution is -2.50. The van der Waals surface area contributed by atoms with Gasteiger partial charge < -0.3 is 9.64 Å². The first-order valence-electron chi connectivity index (χ1n) is 6.43. The van der Waals surface area contributed by atoms with E-state index < -0.39 is 12.1 Å². The van der Waals surface area contributed by atoms with Crippen molar-refractivity contribution in [3.8, 4) is 5.75 Å². The third-order valence-corrected chi connectivity index (χ3v) is 3.28. The van der Waals surface area contributed by atoms with Crippen LogP contribution in [0.15, 0.2) is 36.7 Å². The number of nitrogens with zero attached hydrogens (tertiary/aromatic N) is 4. The van der Waals surface area contributed by atoms with Crippen molar-refractivity contribution in [3.63, 3.8) is 0 Å². The summed E-state index contributed by atoms with van der Waals surface area (Å²) in [6.07, 6.45) is -1.54. The van der Waals surface area contributed by atoms with Gasteiger partial charge in [-0.3, -0.25) is 4.79 Å². The summed E-state index contributed by atoms with van der Waals surface area (Å²) in [6, 6.07) is 5.08. The van der Waals surface area contributed by atoms with E-state index in [1.807, 2.05) is 0 Å². The van der Waals surface area contributed by atoms with Crippen molar-refractivity contribution in [2.75, 3.05) is 13.1 Å². The zero-order valence-corrected chi connectivity index (χ0v) is 11.2. The number of alkyl halides is 3. The van der Waals surface area contributed by atoms with Gasteiger partial charge in [-0.05, 0) is 18.2 Å². The molecule has 0 bridgehead atoms. The topological polar surface area (TPSA) is 60.2 Å². The summed E-state index contributed by atoms with van der Waals surface area (Å²) in [6.45, 7) is 0.874. The van der Waals surface area contributed by atoms with Gasteiger partial charge in [0.1, 0.15) is 5.75 Å². The molecule has 9 heteroatoms. The standard InChI is InChI=1S/C13H11F3N4O2/c14-13(15,16)22-11-3-1-2-9(6-11)12(21)19-7-10(8-19)20-5-4-17-18-20/h1-6,10H,7-8H2. The van der Waals surface area contributed by atoms with Gasteiger partial charge in [-0.2, -0.15) is 0 Å². The number of likely N-dealkylation sites (tertiary alicyclic amines) is 1. The maximum atomic E-state index is 12.2. The molecule has 1 aliphatic heterocycles. The molecule has 0 radical (unpaired) electrons. The first-order chi connectivity index (χ1) is 10.4. The summed E-state index contributed by atoms with van der Waals surface area (Å²) in [7, 11) is 0. The Hall–Kier alpha value is -2.58. The van der Waals surface area contributed by atoms with Crippen molar-refractivity contribution in [2.24, 2.45) is 0 Å². The molecule has 1 aromatic carbocycles. The first-order valence-corrected chi connectivity index (χ1v) is 6.43. The summed E-state index contributed by atoms with van der Waals surface area (Å²) < 4.78 is 42.0. The summed E-state index contributed by atoms with van der Waals surface area (Å²) in [4.78, 5) is 13.7. The van der Waals surface area contributed by atoms with Crippen molar-refractivity contribution in [1.82, 2.24) is 19.9 Å². The van der Waals surface area contributed by atoms with Crippen molar-refractivity contribution in [1.29, 1.82) is 0 Å². The van der Waals surface area contributed by atoms with E-state index >= 15 is 0 Å². The number of amides is 1. The van der Waals surface area contributed by atoms with E-state index in [1.165, 1.54) is 17.0 Å². The van der Waals surface area contributed by atoms with Gasteiger partial charge in [0.25, 0.3) is 5.91 Å². The fourth-order valence-electron chi connectivity index (χ4n) is 2.21. The predicted octanol–water partition coefficient (Wildman–Crippen LogP) is 1.87. The van der Waals surface area contributed by atoms with Crippen LogP contribution in [0.1, 0.15) is 16.4 Å². The number of hydrogen-bond donors (Lipinski definition) is 0. The van der Waals surface area contributed by atoms with E-state index in [1.54, 1.807) is 17.1 Å². The number of hydrogen-bond acceptors (Lipinski definition) is 4. The van der Waals surface area contributed by atoms with E-state index in [2.05, 4.69) is 15.0 Å². The minimum absolute atomic E-state index is 0.0426. The molecular formula is C13H11F3N4O2. The van der Waals surface area contributed by atoms with Crippen molar-refractivity contribution in [3.05, 3.63) is 42.2 Å². The number of rotatable bonds is 3. The molecule has 1 aromatic heterocycles. The highest BCUT2D eigenvalue weighted by molar-refractivity contribution is 5.95. The SMILES string of the molecule is O=C(c1cccc(OC(F)(F)F)c1)N1CC(n2ccnn2)C1. The molecule has 1 amide bonds. The number of ether oxygens (including phenoxy) is 1. The van der Waals surface area contributed by atoms with Gasteiger partial charge in [0, 0.05) is 24.8 Å². The molecule has 1 aliphatic rings. The molecule has 0 atom stereocenters. The minimum atomic E-state index is -4.78. The zero-order valence-electron chi connectivity index (χ0n) is 11.2. The largest absolute Gasteiger partial charge is 0.573 e. The average Bonchev–Trinajstić information content (AvgIpc) is 2.89. The normalized spacial score (nSPS) is 15.5. The summed E-state index contributed by atoms with van der Waals surface area (Å²) in [5.74, 6) is -0.754. The van der Waals surface area contributed by atoms with Crippen LogP contribution in [0, 0.1) is 0 Å². The van der Waals surface area contributed by atoms with Gasteiger partial charge in [0.2, 0.25) is 0 Å². The Morgan fingerprint density at radius 1 is 1.32 bits per heavy atom. The Morgan fingerprint density at radius 3 is 2.73 bits per heavy atom. The highest BCUT2D eigenvalue weighted by Gasteiger charge is 2.34. The molecule has 0 aliphatic carbocycles. The fraction of sp³-hybridized carbons (Fsp3) is 0.308. The first kappa shape index (κ1) is 14.4. The third kappa shape index (κ3) is 3.02. The molecule has 2 aromatic rings. The quantitative estimate of drug-likeness (QED) is 0.868. The molecule has 1 fully saturated rings. The molecule has 3 rings (SSSR count). The van der Waals surface area contributed by atoms with Crippen LogP contribution >= 0.6 is 0 Å². The lowest BCUT2D eigenvalue weighted by atomic mass is 10.1. The molecule has 0 spiro atoms. The van der Waals surface area contributed by atoms with Gasteiger partial charge in [0.05, 0.1) is 12.2 Å². The summed E-state index contributed by atoms with van der Waals surface area (Å²) >= 11 is 0. The van der Waals surface area contributed by atoms with E-state index in [0.29, 0.717) is 13.1 Å². The number of carbonyl (C=O) groups is 1. The Kier molecular flexibility index (Phi) is 3.47. The van der Waals surface area contributed by atoms with Gasteiger partial charge in [-0.25, -0.2) is 4.68 Å². The molecule has 0 unspecified atom stereocenters. The van der Waals surface area contributed by atoms with Crippen LogP contribution in [0.5, 0.6) is 5.75 Å². The minimum Gasteiger partial charge on any atom is -0.406 e. The van der Waals surface area contributed by atoms with Crippen LogP contribution in [-0.4, -0.2) is 45.3 Å². The third-order valence-electron chi connectivity index (χ3n) is 3.28. The number of benzene rings is 1. The Bertz CT molecular complexity index is 666. The van der Waals surface area contributed by atoms with Crippen molar-refractivity contribution < 1.29 is 22.7 Å². The van der Waals surface area contributed by atoms with Crippen molar-refractivity contribution >= 4 is 5.91 Å². The molecule has 6 nitrogen and oxygen atoms in total. The Labute approximate surface area is 123 Å². The lowest BCUT2D eigenvalue weighted by Gasteiger charge is -2.38. The monoisotopic (exact) mass is 312 g/mol. The molecule has 0 N–H and O–H groups in total. The molecule has 116 valence electrons. The van der Waals surface area contributed by atoms with Crippen LogP contribution in [0.3, 0.4) is 0 Å². The van der Waals surface area contributed by atoms with Gasteiger partial charge in [-0.1, -0.05) is 11.3 Å². The lowest BCUT2D eigenvalue weighted by molar-refractivity contribution is -0.274. The second-order valence-corrected chi connectivity index (χ2v) is 4.82. The molecule has 0 saturated carbocycles. The van der Waals surface area contributed by atoms with E-state index in [4.69, 9.17) is 0 Å². The smallest absolute Gasteiger partial charge is 0.406 e. The Morgan fingerprint density at radius 2 is 2.09 bits per heavy atom. The van der Waals surface area contributed by atoms with E-state index in [0.717, 1.165) is 12.1 Å². The number of aromatic nitrogens is 3. The fourth-order valence-corrected chi connectivity index (χ4v) is 2.21. The second kappa shape index (κ2) is 5.32. The van der Waals surface area contributed by atoms with Gasteiger partial charge in [0.15, 0.2) is 0 Å². The molecular weight excluding hydrogens is 301 g/mol. The number of carbonyl (C=O) groups excluding carboxylic acids is 1. The van der Waals surface area contributed by atoms with Crippen LogP contribution in [0.4, 0.5) is 13.2 Å². The van der Waals surface area contributed by atoms with Crippen LogP contribution in [0.25, 0.3) is 0 Å². The highest BCUT2D eigenvalue weighted by Crippen LogP contribution is 2.26. The maximum absolute atomic E-state index is 12.2. The zero-order chi connectivity index (χ0) is 15.7. The molecule has 1 saturated heterocycles. The van der Waals surface area contributed by atoms with Crippen LogP contribution < -0.4 is 4.74 Å². The average molecular weight is 312 g/mol. The predicted molar refractivity (Wildman–Crippen MR) is 68.1 cm³/mol. The molecule has 2 heterocycles. The van der Waals surface area contributed by atoms with Gasteiger partial charge in [-0.15, -0.1) is 18.3 Å².